The van der Waals surface area contributed by atoms with Gasteiger partial charge in [0.2, 0.25) is 0 Å². The van der Waals surface area contributed by atoms with E-state index in [4.69, 9.17) is 4.74 Å². The molecule has 0 bridgehead atoms. The van der Waals surface area contributed by atoms with Crippen molar-refractivity contribution in [2.24, 2.45) is 0 Å². The van der Waals surface area contributed by atoms with Gasteiger partial charge >= 0.3 is 0 Å². The highest BCUT2D eigenvalue weighted by atomic mass is 16.5. The van der Waals surface area contributed by atoms with Crippen molar-refractivity contribution in [1.29, 1.82) is 0 Å². The molecule has 0 amide bonds. The molecule has 0 fully saturated rings. The number of H-pyrrole nitrogens is 1. The number of hydrogen-bond acceptors (Lipinski definition) is 3. The zero-order chi connectivity index (χ0) is 11.0. The Morgan fingerprint density at radius 1 is 1.25 bits per heavy atom. The lowest BCUT2D eigenvalue weighted by Crippen LogP contribution is -1.94. The van der Waals surface area contributed by atoms with Crippen LogP contribution in [0.2, 0.25) is 0 Å². The fraction of sp³-hybridized carbons (Fsp3) is 0.250. The van der Waals surface area contributed by atoms with E-state index in [1.54, 1.807) is 7.11 Å². The van der Waals surface area contributed by atoms with Gasteiger partial charge in [-0.3, -0.25) is 5.10 Å². The summed E-state index contributed by atoms with van der Waals surface area (Å²) in [5.74, 6) is 1.86. The number of fused-ring (bicyclic) bond motifs is 1. The molecule has 1 aliphatic heterocycles. The molecule has 0 spiro atoms. The van der Waals surface area contributed by atoms with Crippen LogP contribution in [-0.2, 0) is 6.42 Å². The number of rotatable bonds is 2. The highest BCUT2D eigenvalue weighted by Gasteiger charge is 2.18. The van der Waals surface area contributed by atoms with Gasteiger partial charge in [-0.2, -0.15) is 5.10 Å². The van der Waals surface area contributed by atoms with Crippen molar-refractivity contribution in [3.63, 3.8) is 0 Å². The first kappa shape index (κ1) is 9.27. The normalized spacial score (nSPS) is 13.3. The second-order valence-electron chi connectivity index (χ2n) is 3.83. The standard InChI is InChI=1S/C12H13N3O/c1-16-9-4-2-8(3-5-9)11-10-6-7-13-12(10)15-14-11/h2-5H,6-7H2,1H3,(H2,13,14,15). The molecule has 1 aromatic carbocycles. The van der Waals surface area contributed by atoms with Crippen LogP contribution in [0.4, 0.5) is 5.82 Å². The summed E-state index contributed by atoms with van der Waals surface area (Å²) in [7, 11) is 1.67. The maximum absolute atomic E-state index is 5.14. The Morgan fingerprint density at radius 3 is 2.81 bits per heavy atom. The van der Waals surface area contributed by atoms with Gasteiger partial charge < -0.3 is 10.1 Å². The van der Waals surface area contributed by atoms with Crippen molar-refractivity contribution in [3.8, 4) is 17.0 Å². The number of nitrogens with zero attached hydrogens (tertiary/aromatic N) is 1. The Bertz CT molecular complexity index is 501. The number of nitrogens with one attached hydrogen (secondary N) is 2. The van der Waals surface area contributed by atoms with Crippen LogP contribution >= 0.6 is 0 Å². The first-order valence-corrected chi connectivity index (χ1v) is 5.34. The van der Waals surface area contributed by atoms with Gasteiger partial charge in [-0.1, -0.05) is 0 Å². The summed E-state index contributed by atoms with van der Waals surface area (Å²) in [6, 6.07) is 8.02. The smallest absolute Gasteiger partial charge is 0.151 e. The molecule has 0 radical (unpaired) electrons. The number of ether oxygens (including phenoxy) is 1. The molecule has 0 unspecified atom stereocenters. The van der Waals surface area contributed by atoms with E-state index in [1.807, 2.05) is 24.3 Å². The minimum absolute atomic E-state index is 0.873. The summed E-state index contributed by atoms with van der Waals surface area (Å²) in [6.07, 6.45) is 1.03. The van der Waals surface area contributed by atoms with Crippen LogP contribution in [0.15, 0.2) is 24.3 Å². The van der Waals surface area contributed by atoms with Crippen LogP contribution in [0.5, 0.6) is 5.75 Å². The molecule has 2 heterocycles. The van der Waals surface area contributed by atoms with Crippen molar-refractivity contribution in [1.82, 2.24) is 10.2 Å². The van der Waals surface area contributed by atoms with Gasteiger partial charge in [-0.25, -0.2) is 0 Å². The highest BCUT2D eigenvalue weighted by molar-refractivity contribution is 5.71. The lowest BCUT2D eigenvalue weighted by atomic mass is 10.1. The van der Waals surface area contributed by atoms with Gasteiger partial charge in [0.15, 0.2) is 5.82 Å². The average molecular weight is 215 g/mol. The molecule has 0 atom stereocenters. The molecule has 0 aliphatic carbocycles. The fourth-order valence-corrected chi connectivity index (χ4v) is 2.06. The van der Waals surface area contributed by atoms with Crippen molar-refractivity contribution in [2.45, 2.75) is 6.42 Å². The number of anilines is 1. The first-order valence-electron chi connectivity index (χ1n) is 5.34. The van der Waals surface area contributed by atoms with E-state index in [0.29, 0.717) is 0 Å². The first-order chi connectivity index (χ1) is 7.88. The van der Waals surface area contributed by atoms with E-state index in [1.165, 1.54) is 5.56 Å². The lowest BCUT2D eigenvalue weighted by molar-refractivity contribution is 0.415. The Kier molecular flexibility index (Phi) is 2.06. The molecular weight excluding hydrogens is 202 g/mol. The van der Waals surface area contributed by atoms with Gasteiger partial charge in [0.25, 0.3) is 0 Å². The molecule has 16 heavy (non-hydrogen) atoms. The highest BCUT2D eigenvalue weighted by Crippen LogP contribution is 2.30. The second kappa shape index (κ2) is 3.56. The molecule has 82 valence electrons. The molecule has 1 aromatic heterocycles. The minimum Gasteiger partial charge on any atom is -0.497 e. The monoisotopic (exact) mass is 215 g/mol. The second-order valence-corrected chi connectivity index (χ2v) is 3.83. The zero-order valence-electron chi connectivity index (χ0n) is 9.08. The van der Waals surface area contributed by atoms with E-state index in [0.717, 1.165) is 35.8 Å². The van der Waals surface area contributed by atoms with Crippen molar-refractivity contribution >= 4 is 5.82 Å². The third-order valence-corrected chi connectivity index (χ3v) is 2.91. The molecule has 4 nitrogen and oxygen atoms in total. The van der Waals surface area contributed by atoms with E-state index >= 15 is 0 Å². The van der Waals surface area contributed by atoms with Crippen molar-refractivity contribution < 1.29 is 4.74 Å². The predicted molar refractivity (Wildman–Crippen MR) is 62.8 cm³/mol. The molecule has 2 aromatic rings. The fourth-order valence-electron chi connectivity index (χ4n) is 2.06. The lowest BCUT2D eigenvalue weighted by Gasteiger charge is -2.02. The van der Waals surface area contributed by atoms with Gasteiger partial charge in [0.1, 0.15) is 5.75 Å². The van der Waals surface area contributed by atoms with E-state index in [9.17, 15) is 0 Å². The van der Waals surface area contributed by atoms with Crippen LogP contribution in [0.1, 0.15) is 5.56 Å². The summed E-state index contributed by atoms with van der Waals surface area (Å²) >= 11 is 0. The third kappa shape index (κ3) is 1.34. The quantitative estimate of drug-likeness (QED) is 0.806. The molecule has 4 heteroatoms. The van der Waals surface area contributed by atoms with Gasteiger partial charge in [0, 0.05) is 17.7 Å². The number of hydrogen-bond donors (Lipinski definition) is 2. The van der Waals surface area contributed by atoms with E-state index in [-0.39, 0.29) is 0 Å². The molecule has 0 saturated carbocycles. The summed E-state index contributed by atoms with van der Waals surface area (Å²) in [6.45, 7) is 0.982. The number of aromatic amines is 1. The molecule has 1 aliphatic rings. The Hall–Kier alpha value is -1.97. The zero-order valence-corrected chi connectivity index (χ0v) is 9.08. The molecule has 0 saturated heterocycles. The molecular formula is C12H13N3O. The predicted octanol–water partition coefficient (Wildman–Crippen LogP) is 2.05. The van der Waals surface area contributed by atoms with Crippen molar-refractivity contribution in [2.75, 3.05) is 19.0 Å². The molecule has 2 N–H and O–H groups in total. The van der Waals surface area contributed by atoms with Crippen LogP contribution in [0, 0.1) is 0 Å². The van der Waals surface area contributed by atoms with Crippen LogP contribution in [0.3, 0.4) is 0 Å². The van der Waals surface area contributed by atoms with E-state index < -0.39 is 0 Å². The SMILES string of the molecule is COc1ccc(-c2[nH]nc3c2CCN3)cc1. The summed E-state index contributed by atoms with van der Waals surface area (Å²) in [5, 5.41) is 10.6. The number of benzene rings is 1. The number of methoxy groups -OCH3 is 1. The Balaban J connectivity index is 2.01. The van der Waals surface area contributed by atoms with Crippen LogP contribution < -0.4 is 10.1 Å². The van der Waals surface area contributed by atoms with E-state index in [2.05, 4.69) is 15.5 Å². The maximum atomic E-state index is 5.14. The van der Waals surface area contributed by atoms with Crippen molar-refractivity contribution in [3.05, 3.63) is 29.8 Å². The maximum Gasteiger partial charge on any atom is 0.151 e. The van der Waals surface area contributed by atoms with Gasteiger partial charge in [-0.05, 0) is 30.7 Å². The minimum atomic E-state index is 0.873. The number of aromatic nitrogens is 2. The summed E-state index contributed by atoms with van der Waals surface area (Å²) < 4.78 is 5.14. The molecule has 3 rings (SSSR count). The average Bonchev–Trinajstić information content (AvgIpc) is 2.91. The summed E-state index contributed by atoms with van der Waals surface area (Å²) in [4.78, 5) is 0. The Morgan fingerprint density at radius 2 is 2.06 bits per heavy atom. The topological polar surface area (TPSA) is 49.9 Å². The van der Waals surface area contributed by atoms with Crippen LogP contribution in [0.25, 0.3) is 11.3 Å². The summed E-state index contributed by atoms with van der Waals surface area (Å²) in [5.41, 5.74) is 3.55. The Labute approximate surface area is 93.6 Å². The van der Waals surface area contributed by atoms with Gasteiger partial charge in [-0.15, -0.1) is 0 Å². The van der Waals surface area contributed by atoms with Gasteiger partial charge in [0.05, 0.1) is 12.8 Å². The third-order valence-electron chi connectivity index (χ3n) is 2.91. The largest absolute Gasteiger partial charge is 0.497 e. The van der Waals surface area contributed by atoms with Crippen LogP contribution in [-0.4, -0.2) is 23.9 Å².